The second-order valence-corrected chi connectivity index (χ2v) is 4.57. The fraction of sp³-hybridized carbons (Fsp3) is 0.545. The maximum atomic E-state index is 11.5. The first kappa shape index (κ1) is 12.4. The third-order valence-electron chi connectivity index (χ3n) is 3.36. The Morgan fingerprint density at radius 1 is 1.44 bits per heavy atom. The standard InChI is InChI=1S/C11H16N4O3/c12-7-8(13-6-14-9(7)16)15-11(10(17)18)4-2-1-3-5-11/h6H,1-5,12H2,(H,17,18)(H2,13,14,15,16). The Morgan fingerprint density at radius 2 is 2.11 bits per heavy atom. The molecule has 1 aliphatic carbocycles. The molecular weight excluding hydrogens is 236 g/mol. The van der Waals surface area contributed by atoms with Gasteiger partial charge in [0, 0.05) is 0 Å². The maximum absolute atomic E-state index is 11.5. The minimum absolute atomic E-state index is 0.0799. The molecule has 2 rings (SSSR count). The van der Waals surface area contributed by atoms with Gasteiger partial charge in [-0.3, -0.25) is 4.79 Å². The average Bonchev–Trinajstić information content (AvgIpc) is 2.36. The van der Waals surface area contributed by atoms with Crippen molar-refractivity contribution in [1.29, 1.82) is 0 Å². The van der Waals surface area contributed by atoms with Crippen molar-refractivity contribution in [3.8, 4) is 0 Å². The zero-order valence-corrected chi connectivity index (χ0v) is 9.90. The van der Waals surface area contributed by atoms with Gasteiger partial charge < -0.3 is 21.1 Å². The van der Waals surface area contributed by atoms with E-state index in [0.29, 0.717) is 12.8 Å². The van der Waals surface area contributed by atoms with Crippen molar-refractivity contribution in [1.82, 2.24) is 9.97 Å². The summed E-state index contributed by atoms with van der Waals surface area (Å²) in [7, 11) is 0. The van der Waals surface area contributed by atoms with Gasteiger partial charge in [0.2, 0.25) is 0 Å². The summed E-state index contributed by atoms with van der Waals surface area (Å²) in [5.41, 5.74) is 3.99. The van der Waals surface area contributed by atoms with E-state index in [1.807, 2.05) is 0 Å². The number of H-pyrrole nitrogens is 1. The lowest BCUT2D eigenvalue weighted by Crippen LogP contribution is -2.48. The molecule has 0 atom stereocenters. The number of rotatable bonds is 3. The summed E-state index contributed by atoms with van der Waals surface area (Å²) in [5.74, 6) is -0.785. The number of hydrogen-bond donors (Lipinski definition) is 4. The average molecular weight is 252 g/mol. The fourth-order valence-corrected chi connectivity index (χ4v) is 2.28. The molecule has 1 heterocycles. The third-order valence-corrected chi connectivity index (χ3v) is 3.36. The van der Waals surface area contributed by atoms with Crippen LogP contribution in [0.3, 0.4) is 0 Å². The molecule has 98 valence electrons. The predicted molar refractivity (Wildman–Crippen MR) is 66.3 cm³/mol. The predicted octanol–water partition coefficient (Wildman–Crippen LogP) is 0.551. The lowest BCUT2D eigenvalue weighted by molar-refractivity contribution is -0.143. The smallest absolute Gasteiger partial charge is 0.329 e. The van der Waals surface area contributed by atoms with E-state index in [0.717, 1.165) is 19.3 Å². The Bertz CT molecular complexity index is 505. The summed E-state index contributed by atoms with van der Waals surface area (Å²) in [5, 5.41) is 12.2. The molecule has 0 aliphatic heterocycles. The van der Waals surface area contributed by atoms with Crippen LogP contribution < -0.4 is 16.6 Å². The van der Waals surface area contributed by atoms with E-state index in [9.17, 15) is 14.7 Å². The van der Waals surface area contributed by atoms with Crippen LogP contribution in [0.1, 0.15) is 32.1 Å². The monoisotopic (exact) mass is 252 g/mol. The van der Waals surface area contributed by atoms with Crippen molar-refractivity contribution >= 4 is 17.5 Å². The van der Waals surface area contributed by atoms with Crippen LogP contribution >= 0.6 is 0 Å². The first-order valence-corrected chi connectivity index (χ1v) is 5.90. The largest absolute Gasteiger partial charge is 0.480 e. The summed E-state index contributed by atoms with van der Waals surface area (Å²) in [6.45, 7) is 0. The number of aliphatic carboxylic acids is 1. The first-order chi connectivity index (χ1) is 8.55. The molecule has 1 fully saturated rings. The van der Waals surface area contributed by atoms with Gasteiger partial charge in [-0.15, -0.1) is 0 Å². The normalized spacial score (nSPS) is 18.2. The zero-order chi connectivity index (χ0) is 13.2. The Labute approximate surface area is 103 Å². The van der Waals surface area contributed by atoms with Crippen LogP contribution in [-0.4, -0.2) is 26.6 Å². The number of nitrogens with zero attached hydrogens (tertiary/aromatic N) is 1. The summed E-state index contributed by atoms with van der Waals surface area (Å²) >= 11 is 0. The van der Waals surface area contributed by atoms with Crippen LogP contribution in [0.4, 0.5) is 11.5 Å². The number of aromatic nitrogens is 2. The summed E-state index contributed by atoms with van der Waals surface area (Å²) in [6.07, 6.45) is 4.92. The van der Waals surface area contributed by atoms with Gasteiger partial charge in [-0.2, -0.15) is 0 Å². The molecule has 0 aromatic carbocycles. The molecule has 7 nitrogen and oxygen atoms in total. The molecule has 1 aromatic rings. The Balaban J connectivity index is 2.32. The highest BCUT2D eigenvalue weighted by Crippen LogP contribution is 2.32. The highest BCUT2D eigenvalue weighted by atomic mass is 16.4. The number of carboxylic acid groups (broad SMARTS) is 1. The summed E-state index contributed by atoms with van der Waals surface area (Å²) < 4.78 is 0. The van der Waals surface area contributed by atoms with E-state index in [-0.39, 0.29) is 11.5 Å². The van der Waals surface area contributed by atoms with E-state index in [1.54, 1.807) is 0 Å². The molecule has 0 bridgehead atoms. The van der Waals surface area contributed by atoms with Gasteiger partial charge >= 0.3 is 5.97 Å². The van der Waals surface area contributed by atoms with Gasteiger partial charge in [-0.25, -0.2) is 9.78 Å². The second-order valence-electron chi connectivity index (χ2n) is 4.57. The van der Waals surface area contributed by atoms with E-state index < -0.39 is 17.1 Å². The Hall–Kier alpha value is -2.05. The number of nitrogen functional groups attached to an aromatic ring is 1. The molecule has 18 heavy (non-hydrogen) atoms. The number of anilines is 2. The van der Waals surface area contributed by atoms with Crippen LogP contribution in [0.15, 0.2) is 11.1 Å². The van der Waals surface area contributed by atoms with Crippen LogP contribution in [0, 0.1) is 0 Å². The number of aromatic amines is 1. The zero-order valence-electron chi connectivity index (χ0n) is 9.90. The van der Waals surface area contributed by atoms with E-state index in [4.69, 9.17) is 5.73 Å². The molecule has 0 amide bonds. The molecule has 0 radical (unpaired) electrons. The van der Waals surface area contributed by atoms with Gasteiger partial charge in [-0.1, -0.05) is 19.3 Å². The quantitative estimate of drug-likeness (QED) is 0.623. The summed E-state index contributed by atoms with van der Waals surface area (Å²) in [6, 6.07) is 0. The van der Waals surface area contributed by atoms with Crippen molar-refractivity contribution < 1.29 is 9.90 Å². The number of nitrogens with one attached hydrogen (secondary N) is 2. The number of carbonyl (C=O) groups is 1. The van der Waals surface area contributed by atoms with Crippen LogP contribution in [0.25, 0.3) is 0 Å². The third kappa shape index (κ3) is 2.15. The fourth-order valence-electron chi connectivity index (χ4n) is 2.28. The second kappa shape index (κ2) is 4.67. The molecule has 1 aromatic heterocycles. The number of nitrogens with two attached hydrogens (primary N) is 1. The first-order valence-electron chi connectivity index (χ1n) is 5.90. The van der Waals surface area contributed by atoms with Crippen molar-refractivity contribution in [2.45, 2.75) is 37.6 Å². The molecule has 1 saturated carbocycles. The van der Waals surface area contributed by atoms with Crippen LogP contribution in [-0.2, 0) is 4.79 Å². The van der Waals surface area contributed by atoms with Crippen molar-refractivity contribution in [2.75, 3.05) is 11.1 Å². The van der Waals surface area contributed by atoms with E-state index in [2.05, 4.69) is 15.3 Å². The molecular formula is C11H16N4O3. The highest BCUT2D eigenvalue weighted by molar-refractivity contribution is 5.83. The van der Waals surface area contributed by atoms with E-state index in [1.165, 1.54) is 6.33 Å². The minimum Gasteiger partial charge on any atom is -0.480 e. The van der Waals surface area contributed by atoms with E-state index >= 15 is 0 Å². The molecule has 0 unspecified atom stereocenters. The minimum atomic E-state index is -1.06. The van der Waals surface area contributed by atoms with Crippen molar-refractivity contribution in [3.05, 3.63) is 16.7 Å². The number of hydrogen-bond acceptors (Lipinski definition) is 5. The van der Waals surface area contributed by atoms with Gasteiger partial charge in [0.15, 0.2) is 5.82 Å². The van der Waals surface area contributed by atoms with Gasteiger partial charge in [-0.05, 0) is 12.8 Å². The van der Waals surface area contributed by atoms with Crippen molar-refractivity contribution in [3.63, 3.8) is 0 Å². The topological polar surface area (TPSA) is 121 Å². The van der Waals surface area contributed by atoms with Gasteiger partial charge in [0.25, 0.3) is 5.56 Å². The maximum Gasteiger partial charge on any atom is 0.329 e. The summed E-state index contributed by atoms with van der Waals surface area (Å²) in [4.78, 5) is 29.1. The molecule has 5 N–H and O–H groups in total. The lowest BCUT2D eigenvalue weighted by Gasteiger charge is -2.34. The molecule has 0 saturated heterocycles. The van der Waals surface area contributed by atoms with Gasteiger partial charge in [0.05, 0.1) is 6.33 Å². The molecule has 7 heteroatoms. The number of carboxylic acids is 1. The molecule has 0 spiro atoms. The lowest BCUT2D eigenvalue weighted by atomic mass is 9.81. The van der Waals surface area contributed by atoms with Crippen molar-refractivity contribution in [2.24, 2.45) is 0 Å². The molecule has 1 aliphatic rings. The SMILES string of the molecule is Nc1c(NC2(C(=O)O)CCCCC2)nc[nH]c1=O. The van der Waals surface area contributed by atoms with Crippen LogP contribution in [0.5, 0.6) is 0 Å². The van der Waals surface area contributed by atoms with Gasteiger partial charge in [0.1, 0.15) is 11.2 Å². The van der Waals surface area contributed by atoms with Crippen LogP contribution in [0.2, 0.25) is 0 Å². The Kier molecular flexibility index (Phi) is 3.22. The highest BCUT2D eigenvalue weighted by Gasteiger charge is 2.40. The Morgan fingerprint density at radius 3 is 2.72 bits per heavy atom.